The monoisotopic (exact) mass is 164 g/mol. The van der Waals surface area contributed by atoms with E-state index in [1.54, 1.807) is 13.3 Å². The SMILES string of the molecule is COc1nccc2c1CCCN2. The van der Waals surface area contributed by atoms with E-state index >= 15 is 0 Å². The van der Waals surface area contributed by atoms with Gasteiger partial charge in [-0.1, -0.05) is 0 Å². The van der Waals surface area contributed by atoms with Crippen LogP contribution >= 0.6 is 0 Å². The molecule has 3 heteroatoms. The fourth-order valence-electron chi connectivity index (χ4n) is 1.54. The Bertz CT molecular complexity index is 272. The van der Waals surface area contributed by atoms with Crippen molar-refractivity contribution in [2.24, 2.45) is 0 Å². The minimum atomic E-state index is 0.764. The third-order valence-electron chi connectivity index (χ3n) is 2.13. The van der Waals surface area contributed by atoms with Gasteiger partial charge >= 0.3 is 0 Å². The van der Waals surface area contributed by atoms with Crippen molar-refractivity contribution in [2.45, 2.75) is 12.8 Å². The van der Waals surface area contributed by atoms with Crippen LogP contribution in [0, 0.1) is 0 Å². The number of ether oxygens (including phenoxy) is 1. The van der Waals surface area contributed by atoms with Crippen LogP contribution < -0.4 is 10.1 Å². The molecule has 0 radical (unpaired) electrons. The summed E-state index contributed by atoms with van der Waals surface area (Å²) in [7, 11) is 1.66. The lowest BCUT2D eigenvalue weighted by atomic mass is 10.1. The maximum absolute atomic E-state index is 5.16. The van der Waals surface area contributed by atoms with Crippen molar-refractivity contribution >= 4 is 5.69 Å². The van der Waals surface area contributed by atoms with Crippen LogP contribution in [0.3, 0.4) is 0 Å². The number of anilines is 1. The molecule has 0 fully saturated rings. The first-order valence-corrected chi connectivity index (χ1v) is 4.17. The second-order valence-electron chi connectivity index (χ2n) is 2.88. The van der Waals surface area contributed by atoms with Crippen molar-refractivity contribution in [3.63, 3.8) is 0 Å². The molecular weight excluding hydrogens is 152 g/mol. The van der Waals surface area contributed by atoms with E-state index in [2.05, 4.69) is 10.3 Å². The van der Waals surface area contributed by atoms with Gasteiger partial charge in [-0.15, -0.1) is 0 Å². The maximum atomic E-state index is 5.16. The van der Waals surface area contributed by atoms with Gasteiger partial charge in [-0.05, 0) is 18.9 Å². The predicted octanol–water partition coefficient (Wildman–Crippen LogP) is 1.45. The summed E-state index contributed by atoms with van der Waals surface area (Å²) in [6.45, 7) is 1.06. The summed E-state index contributed by atoms with van der Waals surface area (Å²) in [6, 6.07) is 2.00. The number of rotatable bonds is 1. The molecule has 0 saturated heterocycles. The van der Waals surface area contributed by atoms with Crippen LogP contribution in [-0.2, 0) is 6.42 Å². The fourth-order valence-corrected chi connectivity index (χ4v) is 1.54. The minimum Gasteiger partial charge on any atom is -0.481 e. The number of aromatic nitrogens is 1. The van der Waals surface area contributed by atoms with Gasteiger partial charge in [-0.3, -0.25) is 0 Å². The number of methoxy groups -OCH3 is 1. The Labute approximate surface area is 71.8 Å². The lowest BCUT2D eigenvalue weighted by molar-refractivity contribution is 0.392. The molecule has 0 aromatic carbocycles. The van der Waals surface area contributed by atoms with E-state index in [4.69, 9.17) is 4.74 Å². The van der Waals surface area contributed by atoms with Crippen LogP contribution in [-0.4, -0.2) is 18.6 Å². The van der Waals surface area contributed by atoms with Crippen molar-refractivity contribution < 1.29 is 4.74 Å². The van der Waals surface area contributed by atoms with Gasteiger partial charge in [0.1, 0.15) is 0 Å². The zero-order valence-corrected chi connectivity index (χ0v) is 7.13. The molecule has 12 heavy (non-hydrogen) atoms. The number of hydrogen-bond donors (Lipinski definition) is 1. The van der Waals surface area contributed by atoms with Crippen LogP contribution in [0.5, 0.6) is 5.88 Å². The van der Waals surface area contributed by atoms with E-state index in [0.717, 1.165) is 25.3 Å². The van der Waals surface area contributed by atoms with Crippen molar-refractivity contribution in [3.05, 3.63) is 17.8 Å². The number of nitrogens with one attached hydrogen (secondary N) is 1. The lowest BCUT2D eigenvalue weighted by Gasteiger charge is -2.18. The van der Waals surface area contributed by atoms with Gasteiger partial charge in [0.25, 0.3) is 0 Å². The lowest BCUT2D eigenvalue weighted by Crippen LogP contribution is -2.13. The normalized spacial score (nSPS) is 14.8. The van der Waals surface area contributed by atoms with Gasteiger partial charge in [-0.2, -0.15) is 0 Å². The molecule has 64 valence electrons. The predicted molar refractivity (Wildman–Crippen MR) is 47.6 cm³/mol. The zero-order chi connectivity index (χ0) is 8.39. The van der Waals surface area contributed by atoms with Gasteiger partial charge in [0, 0.05) is 24.0 Å². The highest BCUT2D eigenvalue weighted by Crippen LogP contribution is 2.27. The Balaban J connectivity index is 2.44. The van der Waals surface area contributed by atoms with Crippen LogP contribution in [0.4, 0.5) is 5.69 Å². The molecule has 2 rings (SSSR count). The van der Waals surface area contributed by atoms with E-state index in [1.165, 1.54) is 11.3 Å². The van der Waals surface area contributed by atoms with Crippen molar-refractivity contribution in [1.82, 2.24) is 4.98 Å². The molecule has 0 spiro atoms. The molecule has 0 atom stereocenters. The summed E-state index contributed by atoms with van der Waals surface area (Å²) < 4.78 is 5.16. The zero-order valence-electron chi connectivity index (χ0n) is 7.13. The molecule has 1 aromatic rings. The topological polar surface area (TPSA) is 34.1 Å². The molecule has 3 nitrogen and oxygen atoms in total. The second kappa shape index (κ2) is 3.01. The van der Waals surface area contributed by atoms with Crippen LogP contribution in [0.25, 0.3) is 0 Å². The summed E-state index contributed by atoms with van der Waals surface area (Å²) in [6.07, 6.45) is 4.00. The third-order valence-corrected chi connectivity index (χ3v) is 2.13. The Kier molecular flexibility index (Phi) is 1.86. The molecular formula is C9H12N2O. The van der Waals surface area contributed by atoms with E-state index < -0.39 is 0 Å². The summed E-state index contributed by atoms with van der Waals surface area (Å²) in [4.78, 5) is 4.15. The van der Waals surface area contributed by atoms with Gasteiger partial charge in [0.2, 0.25) is 5.88 Å². The van der Waals surface area contributed by atoms with Crippen LogP contribution in [0.2, 0.25) is 0 Å². The first-order chi connectivity index (χ1) is 5.92. The van der Waals surface area contributed by atoms with Crippen molar-refractivity contribution in [2.75, 3.05) is 19.0 Å². The first-order valence-electron chi connectivity index (χ1n) is 4.17. The molecule has 2 heterocycles. The largest absolute Gasteiger partial charge is 0.481 e. The van der Waals surface area contributed by atoms with Crippen molar-refractivity contribution in [1.29, 1.82) is 0 Å². The molecule has 1 aromatic heterocycles. The quantitative estimate of drug-likeness (QED) is 0.682. The third kappa shape index (κ3) is 1.11. The summed E-state index contributed by atoms with van der Waals surface area (Å²) in [5.41, 5.74) is 2.39. The maximum Gasteiger partial charge on any atom is 0.218 e. The molecule has 0 bridgehead atoms. The highest BCUT2D eigenvalue weighted by atomic mass is 16.5. The van der Waals surface area contributed by atoms with E-state index in [-0.39, 0.29) is 0 Å². The van der Waals surface area contributed by atoms with E-state index in [9.17, 15) is 0 Å². The number of hydrogen-bond acceptors (Lipinski definition) is 3. The molecule has 1 aliphatic rings. The highest BCUT2D eigenvalue weighted by molar-refractivity contribution is 5.56. The average molecular weight is 164 g/mol. The molecule has 0 saturated carbocycles. The van der Waals surface area contributed by atoms with E-state index in [1.807, 2.05) is 6.07 Å². The van der Waals surface area contributed by atoms with Gasteiger partial charge in [0.15, 0.2) is 0 Å². The van der Waals surface area contributed by atoms with Crippen LogP contribution in [0.1, 0.15) is 12.0 Å². The minimum absolute atomic E-state index is 0.764. The molecule has 0 amide bonds. The summed E-state index contributed by atoms with van der Waals surface area (Å²) in [5.74, 6) is 0.764. The summed E-state index contributed by atoms with van der Waals surface area (Å²) in [5, 5.41) is 3.32. The van der Waals surface area contributed by atoms with Crippen LogP contribution in [0.15, 0.2) is 12.3 Å². The molecule has 1 N–H and O–H groups in total. The summed E-state index contributed by atoms with van der Waals surface area (Å²) >= 11 is 0. The highest BCUT2D eigenvalue weighted by Gasteiger charge is 2.13. The van der Waals surface area contributed by atoms with Gasteiger partial charge in [0.05, 0.1) is 7.11 Å². The Hall–Kier alpha value is -1.25. The molecule has 0 unspecified atom stereocenters. The Morgan fingerprint density at radius 3 is 3.33 bits per heavy atom. The first kappa shape index (κ1) is 7.40. The number of pyridine rings is 1. The average Bonchev–Trinajstić information content (AvgIpc) is 2.17. The van der Waals surface area contributed by atoms with Crippen molar-refractivity contribution in [3.8, 4) is 5.88 Å². The van der Waals surface area contributed by atoms with E-state index in [0.29, 0.717) is 0 Å². The molecule has 0 aliphatic carbocycles. The smallest absolute Gasteiger partial charge is 0.218 e. The fraction of sp³-hybridized carbons (Fsp3) is 0.444. The van der Waals surface area contributed by atoms with Gasteiger partial charge < -0.3 is 10.1 Å². The Morgan fingerprint density at radius 2 is 2.50 bits per heavy atom. The second-order valence-corrected chi connectivity index (χ2v) is 2.88. The standard InChI is InChI=1S/C9H12N2O/c1-12-9-7-3-2-5-10-8(7)4-6-11-9/h4,6,10H,2-3,5H2,1H3. The van der Waals surface area contributed by atoms with Gasteiger partial charge in [-0.25, -0.2) is 4.98 Å². The number of fused-ring (bicyclic) bond motifs is 1. The molecule has 1 aliphatic heterocycles. The Morgan fingerprint density at radius 1 is 1.58 bits per heavy atom. The number of nitrogens with zero attached hydrogens (tertiary/aromatic N) is 1.